The lowest BCUT2D eigenvalue weighted by molar-refractivity contribution is 0.291. The topological polar surface area (TPSA) is 57.6 Å². The van der Waals surface area contributed by atoms with E-state index in [1.165, 1.54) is 10.4 Å². The van der Waals surface area contributed by atoms with Crippen LogP contribution < -0.4 is 4.31 Å². The zero-order valence-corrected chi connectivity index (χ0v) is 13.2. The van der Waals surface area contributed by atoms with Gasteiger partial charge in [0, 0.05) is 13.2 Å². The fraction of sp³-hybridized carbons (Fsp3) is 0.200. The van der Waals surface area contributed by atoms with E-state index in [1.807, 2.05) is 0 Å². The molecule has 2 rings (SSSR count). The molecule has 0 atom stereocenters. The third-order valence-corrected chi connectivity index (χ3v) is 5.16. The van der Waals surface area contributed by atoms with Crippen molar-refractivity contribution in [2.45, 2.75) is 11.3 Å². The molecule has 0 saturated heterocycles. The average Bonchev–Trinajstić information content (AvgIpc) is 2.51. The molecular weight excluding hydrogens is 329 g/mol. The van der Waals surface area contributed by atoms with Gasteiger partial charge in [0.1, 0.15) is 5.82 Å². The lowest BCUT2D eigenvalue weighted by Crippen LogP contribution is -2.32. The van der Waals surface area contributed by atoms with E-state index in [1.54, 1.807) is 30.3 Å². The highest BCUT2D eigenvalue weighted by atomic mass is 35.5. The number of halogens is 2. The number of aliphatic hydroxyl groups is 1. The molecule has 0 aliphatic carbocycles. The molecule has 0 aliphatic rings. The summed E-state index contributed by atoms with van der Waals surface area (Å²) < 4.78 is 39.9. The van der Waals surface area contributed by atoms with Gasteiger partial charge in [0.15, 0.2) is 0 Å². The van der Waals surface area contributed by atoms with Crippen molar-refractivity contribution in [3.8, 4) is 0 Å². The summed E-state index contributed by atoms with van der Waals surface area (Å²) in [5, 5.41) is 8.73. The molecule has 0 bridgehead atoms. The maximum Gasteiger partial charge on any atom is 0.264 e. The summed E-state index contributed by atoms with van der Waals surface area (Å²) >= 11 is 5.68. The van der Waals surface area contributed by atoms with Crippen molar-refractivity contribution in [2.75, 3.05) is 17.5 Å². The lowest BCUT2D eigenvalue weighted by atomic mass is 10.3. The number of benzene rings is 2. The minimum Gasteiger partial charge on any atom is -0.396 e. The van der Waals surface area contributed by atoms with E-state index in [4.69, 9.17) is 16.7 Å². The predicted molar refractivity (Wildman–Crippen MR) is 84.1 cm³/mol. The fourth-order valence-electron chi connectivity index (χ4n) is 1.96. The number of anilines is 1. The van der Waals surface area contributed by atoms with Crippen molar-refractivity contribution in [3.63, 3.8) is 0 Å². The van der Waals surface area contributed by atoms with Crippen LogP contribution in [0.1, 0.15) is 6.42 Å². The first-order chi connectivity index (χ1) is 10.5. The molecule has 2 aromatic carbocycles. The fourth-order valence-corrected chi connectivity index (χ4v) is 3.74. The van der Waals surface area contributed by atoms with Gasteiger partial charge < -0.3 is 5.11 Å². The minimum atomic E-state index is -3.89. The second-order valence-corrected chi connectivity index (χ2v) is 6.84. The van der Waals surface area contributed by atoms with Gasteiger partial charge in [-0.25, -0.2) is 12.8 Å². The molecule has 4 nitrogen and oxygen atoms in total. The van der Waals surface area contributed by atoms with Gasteiger partial charge in [-0.15, -0.1) is 0 Å². The van der Waals surface area contributed by atoms with Crippen LogP contribution >= 0.6 is 11.6 Å². The van der Waals surface area contributed by atoms with Crippen molar-refractivity contribution in [3.05, 3.63) is 59.4 Å². The van der Waals surface area contributed by atoms with E-state index >= 15 is 0 Å². The molecule has 0 fully saturated rings. The van der Waals surface area contributed by atoms with Crippen molar-refractivity contribution in [1.82, 2.24) is 0 Å². The molecule has 0 saturated carbocycles. The molecule has 0 unspecified atom stereocenters. The monoisotopic (exact) mass is 343 g/mol. The van der Waals surface area contributed by atoms with Crippen LogP contribution in [0.25, 0.3) is 0 Å². The zero-order valence-electron chi connectivity index (χ0n) is 11.6. The Kier molecular flexibility index (Phi) is 5.39. The summed E-state index contributed by atoms with van der Waals surface area (Å²) in [6.45, 7) is -0.0269. The van der Waals surface area contributed by atoms with Gasteiger partial charge in [0.2, 0.25) is 0 Å². The van der Waals surface area contributed by atoms with E-state index in [9.17, 15) is 12.8 Å². The number of sulfonamides is 1. The molecular formula is C15H15ClFNO3S. The molecule has 0 radical (unpaired) electrons. The molecule has 22 heavy (non-hydrogen) atoms. The highest BCUT2D eigenvalue weighted by Gasteiger charge is 2.25. The summed E-state index contributed by atoms with van der Waals surface area (Å²) in [6.07, 6.45) is 0.281. The van der Waals surface area contributed by atoms with Crippen LogP contribution in [-0.2, 0) is 10.0 Å². The second-order valence-electron chi connectivity index (χ2n) is 4.57. The Balaban J connectivity index is 2.46. The van der Waals surface area contributed by atoms with Crippen molar-refractivity contribution < 1.29 is 17.9 Å². The first-order valence-electron chi connectivity index (χ1n) is 6.60. The summed E-state index contributed by atoms with van der Waals surface area (Å²) in [5.41, 5.74) is 0.469. The summed E-state index contributed by atoms with van der Waals surface area (Å²) in [4.78, 5) is -0.0966. The van der Waals surface area contributed by atoms with Crippen LogP contribution in [0.5, 0.6) is 0 Å². The van der Waals surface area contributed by atoms with Crippen LogP contribution in [0, 0.1) is 5.82 Å². The molecule has 1 N–H and O–H groups in total. The Hall–Kier alpha value is -1.63. The smallest absolute Gasteiger partial charge is 0.264 e. The van der Waals surface area contributed by atoms with Gasteiger partial charge in [-0.3, -0.25) is 4.31 Å². The van der Waals surface area contributed by atoms with Crippen molar-refractivity contribution in [1.29, 1.82) is 0 Å². The largest absolute Gasteiger partial charge is 0.396 e. The molecule has 0 heterocycles. The van der Waals surface area contributed by atoms with Crippen molar-refractivity contribution >= 4 is 27.3 Å². The van der Waals surface area contributed by atoms with E-state index in [2.05, 4.69) is 0 Å². The first-order valence-corrected chi connectivity index (χ1v) is 8.42. The molecule has 0 amide bonds. The normalized spacial score (nSPS) is 11.4. The number of aliphatic hydroxyl groups excluding tert-OH is 1. The third-order valence-electron chi connectivity index (χ3n) is 3.04. The maximum atomic E-state index is 13.2. The maximum absolute atomic E-state index is 13.2. The Morgan fingerprint density at radius 3 is 2.41 bits per heavy atom. The van der Waals surface area contributed by atoms with E-state index in [-0.39, 0.29) is 29.5 Å². The second kappa shape index (κ2) is 7.09. The molecule has 7 heteroatoms. The average molecular weight is 344 g/mol. The van der Waals surface area contributed by atoms with Gasteiger partial charge in [-0.05, 0) is 36.8 Å². The lowest BCUT2D eigenvalue weighted by Gasteiger charge is -2.24. The number of hydrogen-bond acceptors (Lipinski definition) is 3. The van der Waals surface area contributed by atoms with Gasteiger partial charge in [-0.2, -0.15) is 0 Å². The van der Waals surface area contributed by atoms with Crippen molar-refractivity contribution in [2.24, 2.45) is 0 Å². The molecule has 0 aliphatic heterocycles. The van der Waals surface area contributed by atoms with E-state index < -0.39 is 15.8 Å². The molecule has 0 spiro atoms. The van der Waals surface area contributed by atoms with Gasteiger partial charge in [0.05, 0.1) is 15.6 Å². The number of rotatable bonds is 6. The minimum absolute atomic E-state index is 0.0966. The number of hydrogen-bond donors (Lipinski definition) is 1. The summed E-state index contributed by atoms with van der Waals surface area (Å²) in [7, 11) is -3.89. The Bertz CT molecular complexity index is 738. The SMILES string of the molecule is O=S(=O)(c1ccc(F)c(Cl)c1)N(CCCO)c1ccccc1. The van der Waals surface area contributed by atoms with Gasteiger partial charge in [0.25, 0.3) is 10.0 Å². The van der Waals surface area contributed by atoms with Crippen LogP contribution in [0.2, 0.25) is 5.02 Å². The van der Waals surface area contributed by atoms with E-state index in [0.29, 0.717) is 5.69 Å². The van der Waals surface area contributed by atoms with Gasteiger partial charge in [-0.1, -0.05) is 29.8 Å². The highest BCUT2D eigenvalue weighted by Crippen LogP contribution is 2.26. The van der Waals surface area contributed by atoms with E-state index in [0.717, 1.165) is 12.1 Å². The van der Waals surface area contributed by atoms with Crippen LogP contribution in [0.4, 0.5) is 10.1 Å². The Labute approximate surface area is 133 Å². The van der Waals surface area contributed by atoms with Crippen LogP contribution in [0.15, 0.2) is 53.4 Å². The Morgan fingerprint density at radius 1 is 1.14 bits per heavy atom. The van der Waals surface area contributed by atoms with Crippen LogP contribution in [0.3, 0.4) is 0 Å². The molecule has 0 aromatic heterocycles. The number of para-hydroxylation sites is 1. The molecule has 2 aromatic rings. The molecule has 118 valence electrons. The zero-order chi connectivity index (χ0) is 16.2. The van der Waals surface area contributed by atoms with Crippen LogP contribution in [-0.4, -0.2) is 26.7 Å². The third kappa shape index (κ3) is 3.58. The Morgan fingerprint density at radius 2 is 1.82 bits per heavy atom. The quantitative estimate of drug-likeness (QED) is 0.877. The highest BCUT2D eigenvalue weighted by molar-refractivity contribution is 7.92. The summed E-state index contributed by atoms with van der Waals surface area (Å²) in [5.74, 6) is -0.678. The first kappa shape index (κ1) is 16.7. The predicted octanol–water partition coefficient (Wildman–Crippen LogP) is 3.06. The number of nitrogens with zero attached hydrogens (tertiary/aromatic N) is 1. The standard InChI is InChI=1S/C15H15ClFNO3S/c16-14-11-13(7-8-15(14)17)22(20,21)18(9-4-10-19)12-5-2-1-3-6-12/h1-3,5-8,11,19H,4,9-10H2. The van der Waals surface area contributed by atoms with Gasteiger partial charge >= 0.3 is 0 Å². The summed E-state index contributed by atoms with van der Waals surface area (Å²) in [6, 6.07) is 11.8.